The first-order valence-electron chi connectivity index (χ1n) is 10.0. The minimum atomic E-state index is -3.51. The number of hydrogen-bond acceptors (Lipinski definition) is 6. The number of pyridine rings is 1. The molecule has 0 bridgehead atoms. The maximum atomic E-state index is 12.8. The van der Waals surface area contributed by atoms with Crippen molar-refractivity contribution < 1.29 is 18.0 Å². The molecular weight excluding hydrogens is 412 g/mol. The van der Waals surface area contributed by atoms with Crippen molar-refractivity contribution in [1.29, 1.82) is 0 Å². The molecule has 0 unspecified atom stereocenters. The van der Waals surface area contributed by atoms with Gasteiger partial charge in [0.05, 0.1) is 10.8 Å². The zero-order valence-corrected chi connectivity index (χ0v) is 18.4. The average Bonchev–Trinajstić information content (AvgIpc) is 3.02. The van der Waals surface area contributed by atoms with E-state index in [0.717, 1.165) is 25.7 Å². The number of carbonyl (C=O) groups is 2. The topological polar surface area (TPSA) is 90.9 Å². The van der Waals surface area contributed by atoms with E-state index >= 15 is 0 Å². The van der Waals surface area contributed by atoms with Gasteiger partial charge in [0.25, 0.3) is 0 Å². The zero-order valence-electron chi connectivity index (χ0n) is 16.7. The summed E-state index contributed by atoms with van der Waals surface area (Å²) < 4.78 is 27.1. The second kappa shape index (κ2) is 9.90. The van der Waals surface area contributed by atoms with E-state index in [2.05, 4.69) is 4.98 Å². The molecule has 0 radical (unpaired) electrons. The van der Waals surface area contributed by atoms with Gasteiger partial charge in [-0.25, -0.2) is 13.4 Å². The van der Waals surface area contributed by atoms with Crippen LogP contribution in [0.2, 0.25) is 0 Å². The largest absolute Gasteiger partial charge is 0.339 e. The Balaban J connectivity index is 1.53. The van der Waals surface area contributed by atoms with Crippen molar-refractivity contribution in [2.45, 2.75) is 42.5 Å². The van der Waals surface area contributed by atoms with Crippen LogP contribution in [0.4, 0.5) is 0 Å². The molecule has 2 aliphatic rings. The van der Waals surface area contributed by atoms with Crippen LogP contribution >= 0.6 is 11.8 Å². The second-order valence-electron chi connectivity index (χ2n) is 7.33. The Kier molecular flexibility index (Phi) is 7.53. The predicted molar refractivity (Wildman–Crippen MR) is 111 cm³/mol. The molecule has 2 fully saturated rings. The molecule has 1 aromatic rings. The average molecular weight is 441 g/mol. The predicted octanol–water partition coefficient (Wildman–Crippen LogP) is 1.43. The van der Waals surface area contributed by atoms with Crippen molar-refractivity contribution in [2.24, 2.45) is 0 Å². The Labute approximate surface area is 176 Å². The fourth-order valence-electron chi connectivity index (χ4n) is 3.53. The highest BCUT2D eigenvalue weighted by molar-refractivity contribution is 7.99. The van der Waals surface area contributed by atoms with E-state index in [4.69, 9.17) is 0 Å². The Morgan fingerprint density at radius 1 is 0.966 bits per heavy atom. The third kappa shape index (κ3) is 5.70. The number of nitrogens with zero attached hydrogens (tertiary/aromatic N) is 4. The minimum absolute atomic E-state index is 0.00117. The molecule has 0 aromatic carbocycles. The van der Waals surface area contributed by atoms with Crippen molar-refractivity contribution in [3.63, 3.8) is 0 Å². The molecule has 0 aliphatic carbocycles. The third-order valence-corrected chi connectivity index (χ3v) is 8.14. The number of sulfonamides is 1. The lowest BCUT2D eigenvalue weighted by atomic mass is 10.2. The first kappa shape index (κ1) is 22.0. The SMILES string of the molecule is CC(=O)N1CCN(C(=O)CSc2ccc(S(=O)(=O)N3CCCCCC3)cn2)CC1. The van der Waals surface area contributed by atoms with Crippen LogP contribution in [0.25, 0.3) is 0 Å². The number of hydrogen-bond donors (Lipinski definition) is 0. The van der Waals surface area contributed by atoms with Gasteiger partial charge in [0.15, 0.2) is 0 Å². The number of piperazine rings is 1. The van der Waals surface area contributed by atoms with Gasteiger partial charge in [-0.2, -0.15) is 4.31 Å². The highest BCUT2D eigenvalue weighted by Gasteiger charge is 2.26. The van der Waals surface area contributed by atoms with Crippen LogP contribution in [-0.4, -0.2) is 84.3 Å². The molecule has 2 amide bonds. The molecule has 0 N–H and O–H groups in total. The van der Waals surface area contributed by atoms with Gasteiger partial charge in [0, 0.05) is 52.4 Å². The summed E-state index contributed by atoms with van der Waals surface area (Å²) in [5, 5.41) is 0.621. The lowest BCUT2D eigenvalue weighted by Gasteiger charge is -2.34. The molecule has 0 saturated carbocycles. The Hall–Kier alpha value is -1.65. The van der Waals surface area contributed by atoms with Gasteiger partial charge < -0.3 is 9.80 Å². The van der Waals surface area contributed by atoms with Crippen LogP contribution in [0.15, 0.2) is 28.3 Å². The highest BCUT2D eigenvalue weighted by atomic mass is 32.2. The third-order valence-electron chi connectivity index (χ3n) is 5.33. The van der Waals surface area contributed by atoms with Crippen molar-refractivity contribution in [2.75, 3.05) is 45.0 Å². The van der Waals surface area contributed by atoms with E-state index < -0.39 is 10.0 Å². The van der Waals surface area contributed by atoms with E-state index in [-0.39, 0.29) is 22.5 Å². The van der Waals surface area contributed by atoms with Crippen LogP contribution in [0.1, 0.15) is 32.6 Å². The fourth-order valence-corrected chi connectivity index (χ4v) is 5.74. The van der Waals surface area contributed by atoms with Gasteiger partial charge >= 0.3 is 0 Å². The summed E-state index contributed by atoms with van der Waals surface area (Å²) in [5.74, 6) is 0.276. The molecule has 1 aromatic heterocycles. The Morgan fingerprint density at radius 3 is 2.14 bits per heavy atom. The lowest BCUT2D eigenvalue weighted by molar-refractivity contribution is -0.136. The molecule has 29 heavy (non-hydrogen) atoms. The molecule has 160 valence electrons. The molecule has 3 heterocycles. The van der Waals surface area contributed by atoms with Gasteiger partial charge in [0.1, 0.15) is 4.90 Å². The molecule has 10 heteroatoms. The summed E-state index contributed by atoms with van der Waals surface area (Å²) in [5.41, 5.74) is 0. The van der Waals surface area contributed by atoms with E-state index in [1.165, 1.54) is 24.9 Å². The van der Waals surface area contributed by atoms with Gasteiger partial charge in [-0.3, -0.25) is 9.59 Å². The Morgan fingerprint density at radius 2 is 1.59 bits per heavy atom. The molecule has 8 nitrogen and oxygen atoms in total. The first-order valence-corrected chi connectivity index (χ1v) is 12.4. The number of thioether (sulfide) groups is 1. The summed E-state index contributed by atoms with van der Waals surface area (Å²) in [4.78, 5) is 31.7. The molecule has 3 rings (SSSR count). The fraction of sp³-hybridized carbons (Fsp3) is 0.632. The quantitative estimate of drug-likeness (QED) is 0.644. The van der Waals surface area contributed by atoms with Gasteiger partial charge in [-0.1, -0.05) is 24.6 Å². The maximum Gasteiger partial charge on any atom is 0.244 e. The summed E-state index contributed by atoms with van der Waals surface area (Å²) >= 11 is 1.30. The van der Waals surface area contributed by atoms with Crippen LogP contribution in [0.3, 0.4) is 0 Å². The van der Waals surface area contributed by atoms with E-state index in [1.807, 2.05) is 0 Å². The van der Waals surface area contributed by atoms with Crippen LogP contribution in [-0.2, 0) is 19.6 Å². The molecule has 0 spiro atoms. The smallest absolute Gasteiger partial charge is 0.244 e. The van der Waals surface area contributed by atoms with Gasteiger partial charge in [0.2, 0.25) is 21.8 Å². The second-order valence-corrected chi connectivity index (χ2v) is 10.3. The molecule has 2 saturated heterocycles. The standard InChI is InChI=1S/C19H28N4O4S2/c1-16(24)21-10-12-22(13-11-21)19(25)15-28-18-7-6-17(14-20-18)29(26,27)23-8-4-2-3-5-9-23/h6-7,14H,2-5,8-13,15H2,1H3. The monoisotopic (exact) mass is 440 g/mol. The van der Waals surface area contributed by atoms with Crippen molar-refractivity contribution >= 4 is 33.6 Å². The zero-order chi connectivity index (χ0) is 20.9. The maximum absolute atomic E-state index is 12.8. The number of aromatic nitrogens is 1. The van der Waals surface area contributed by atoms with Gasteiger partial charge in [-0.15, -0.1) is 0 Å². The first-order chi connectivity index (χ1) is 13.9. The lowest BCUT2D eigenvalue weighted by Crippen LogP contribution is -2.50. The van der Waals surface area contributed by atoms with Gasteiger partial charge in [-0.05, 0) is 25.0 Å². The summed E-state index contributed by atoms with van der Waals surface area (Å²) in [6.07, 6.45) is 5.31. The van der Waals surface area contributed by atoms with E-state index in [9.17, 15) is 18.0 Å². The number of carbonyl (C=O) groups excluding carboxylic acids is 2. The normalized spacial score (nSPS) is 19.1. The highest BCUT2D eigenvalue weighted by Crippen LogP contribution is 2.22. The number of amides is 2. The van der Waals surface area contributed by atoms with Crippen LogP contribution in [0, 0.1) is 0 Å². The van der Waals surface area contributed by atoms with E-state index in [0.29, 0.717) is 44.3 Å². The van der Waals surface area contributed by atoms with Crippen molar-refractivity contribution in [1.82, 2.24) is 19.1 Å². The van der Waals surface area contributed by atoms with Crippen LogP contribution < -0.4 is 0 Å². The van der Waals surface area contributed by atoms with Crippen LogP contribution in [0.5, 0.6) is 0 Å². The summed E-state index contributed by atoms with van der Waals surface area (Å²) in [6, 6.07) is 3.24. The molecular formula is C19H28N4O4S2. The molecule has 2 aliphatic heterocycles. The van der Waals surface area contributed by atoms with Crippen molar-refractivity contribution in [3.8, 4) is 0 Å². The Bertz CT molecular complexity index is 813. The molecule has 0 atom stereocenters. The minimum Gasteiger partial charge on any atom is -0.339 e. The summed E-state index contributed by atoms with van der Waals surface area (Å²) in [7, 11) is -3.51. The van der Waals surface area contributed by atoms with Crippen molar-refractivity contribution in [3.05, 3.63) is 18.3 Å². The summed E-state index contributed by atoms with van der Waals surface area (Å²) in [6.45, 7) is 4.86. The number of rotatable bonds is 5. The van der Waals surface area contributed by atoms with E-state index in [1.54, 1.807) is 26.2 Å².